The average molecular weight is 621 g/mol. The SMILES string of the molecule is CCCCC(NC(=O)[C@@H]1CCCN1C(=O)[C@@H](NC(=O)N[C@H](CN1CCCCC1=O)C(C)(C)C)C(C)(C)C)C(=O)C(=O)NCC. The molecule has 1 unspecified atom stereocenters. The highest BCUT2D eigenvalue weighted by Gasteiger charge is 2.43. The predicted octanol–water partition coefficient (Wildman–Crippen LogP) is 2.50. The van der Waals surface area contributed by atoms with Crippen molar-refractivity contribution >= 4 is 35.4 Å². The van der Waals surface area contributed by atoms with Gasteiger partial charge in [0.1, 0.15) is 12.1 Å². The molecular weight excluding hydrogens is 564 g/mol. The van der Waals surface area contributed by atoms with Gasteiger partial charge in [0.2, 0.25) is 23.5 Å². The minimum absolute atomic E-state index is 0.0819. The number of carbonyl (C=O) groups excluding carboxylic acids is 6. The van der Waals surface area contributed by atoms with Gasteiger partial charge in [0.05, 0.1) is 12.1 Å². The number of unbranched alkanes of at least 4 members (excludes halogenated alkanes) is 1. The highest BCUT2D eigenvalue weighted by molar-refractivity contribution is 6.38. The average Bonchev–Trinajstić information content (AvgIpc) is 3.43. The molecule has 0 aromatic rings. The van der Waals surface area contributed by atoms with Crippen LogP contribution < -0.4 is 21.3 Å². The van der Waals surface area contributed by atoms with Crippen molar-refractivity contribution in [2.75, 3.05) is 26.2 Å². The lowest BCUT2D eigenvalue weighted by molar-refractivity contribution is -0.143. The van der Waals surface area contributed by atoms with Crippen LogP contribution in [-0.2, 0) is 24.0 Å². The van der Waals surface area contributed by atoms with Crippen molar-refractivity contribution in [3.05, 3.63) is 0 Å². The Kier molecular flexibility index (Phi) is 13.6. The second-order valence-electron chi connectivity index (χ2n) is 14.2. The van der Waals surface area contributed by atoms with Crippen molar-refractivity contribution in [1.29, 1.82) is 0 Å². The molecule has 2 rings (SSSR count). The van der Waals surface area contributed by atoms with Crippen LogP contribution in [0.5, 0.6) is 0 Å². The fraction of sp³-hybridized carbons (Fsp3) is 0.812. The molecule has 2 aliphatic heterocycles. The molecule has 0 aromatic carbocycles. The maximum atomic E-state index is 14.0. The van der Waals surface area contributed by atoms with Gasteiger partial charge in [-0.1, -0.05) is 61.3 Å². The molecule has 2 fully saturated rings. The fourth-order valence-electron chi connectivity index (χ4n) is 5.61. The lowest BCUT2D eigenvalue weighted by Gasteiger charge is -2.39. The number of ketones is 1. The largest absolute Gasteiger partial charge is 0.350 e. The minimum Gasteiger partial charge on any atom is -0.350 e. The van der Waals surface area contributed by atoms with Gasteiger partial charge in [-0.2, -0.15) is 0 Å². The summed E-state index contributed by atoms with van der Waals surface area (Å²) in [5.41, 5.74) is -1.04. The Hall–Kier alpha value is -3.18. The molecule has 6 amide bonds. The van der Waals surface area contributed by atoms with Gasteiger partial charge in [-0.25, -0.2) is 4.79 Å². The molecule has 250 valence electrons. The number of likely N-dealkylation sites (N-methyl/N-ethyl adjacent to an activating group) is 1. The summed E-state index contributed by atoms with van der Waals surface area (Å²) in [6.07, 6.45) is 5.07. The fourth-order valence-corrected chi connectivity index (χ4v) is 5.61. The Labute approximate surface area is 263 Å². The normalized spacial score (nSPS) is 19.5. The van der Waals surface area contributed by atoms with Crippen LogP contribution in [-0.4, -0.2) is 95.6 Å². The zero-order chi connectivity index (χ0) is 33.2. The number of nitrogens with zero attached hydrogens (tertiary/aromatic N) is 2. The van der Waals surface area contributed by atoms with Crippen LogP contribution in [0, 0.1) is 10.8 Å². The quantitative estimate of drug-likeness (QED) is 0.232. The monoisotopic (exact) mass is 620 g/mol. The minimum atomic E-state index is -0.977. The molecule has 0 bridgehead atoms. The third-order valence-corrected chi connectivity index (χ3v) is 8.44. The number of carbonyl (C=O) groups is 6. The molecule has 2 heterocycles. The summed E-state index contributed by atoms with van der Waals surface area (Å²) in [6, 6.07) is -3.62. The van der Waals surface area contributed by atoms with Crippen molar-refractivity contribution in [2.24, 2.45) is 10.8 Å². The van der Waals surface area contributed by atoms with Gasteiger partial charge in [0.15, 0.2) is 0 Å². The van der Waals surface area contributed by atoms with Gasteiger partial charge in [-0.05, 0) is 49.9 Å². The first kappa shape index (κ1) is 37.0. The standard InChI is InChI=1S/C32H56N6O6/c1-9-11-15-21(25(40)28(42)33-10-2)34-27(41)22-16-14-19-38(22)29(43)26(32(6,7)8)36-30(44)35-23(31(3,4)5)20-37-18-13-12-17-24(37)39/h21-23,26H,9-20H2,1-8H3,(H,33,42)(H,34,41)(H2,35,36,44)/t21?,22-,23+,26+/m0/s1. The van der Waals surface area contributed by atoms with E-state index in [0.717, 1.165) is 19.3 Å². The Morgan fingerprint density at radius 2 is 1.57 bits per heavy atom. The smallest absolute Gasteiger partial charge is 0.315 e. The van der Waals surface area contributed by atoms with Gasteiger partial charge >= 0.3 is 6.03 Å². The lowest BCUT2D eigenvalue weighted by Crippen LogP contribution is -2.62. The first-order chi connectivity index (χ1) is 20.5. The Morgan fingerprint density at radius 1 is 0.886 bits per heavy atom. The molecule has 44 heavy (non-hydrogen) atoms. The molecule has 0 aliphatic carbocycles. The number of nitrogens with one attached hydrogen (secondary N) is 4. The van der Waals surface area contributed by atoms with E-state index in [0.29, 0.717) is 58.3 Å². The second kappa shape index (κ2) is 16.2. The van der Waals surface area contributed by atoms with Crippen molar-refractivity contribution in [1.82, 2.24) is 31.1 Å². The zero-order valence-corrected chi connectivity index (χ0v) is 28.1. The van der Waals surface area contributed by atoms with E-state index in [1.165, 1.54) is 4.90 Å². The summed E-state index contributed by atoms with van der Waals surface area (Å²) in [4.78, 5) is 81.6. The third kappa shape index (κ3) is 10.5. The van der Waals surface area contributed by atoms with E-state index in [4.69, 9.17) is 0 Å². The molecule has 4 N–H and O–H groups in total. The number of rotatable bonds is 13. The number of likely N-dealkylation sites (tertiary alicyclic amines) is 2. The van der Waals surface area contributed by atoms with E-state index in [1.807, 2.05) is 48.5 Å². The number of piperidine rings is 1. The van der Waals surface area contributed by atoms with E-state index in [1.54, 1.807) is 11.8 Å². The Bertz CT molecular complexity index is 1050. The molecular formula is C32H56N6O6. The number of urea groups is 1. The molecule has 0 saturated carbocycles. The van der Waals surface area contributed by atoms with Crippen LogP contribution in [0.25, 0.3) is 0 Å². The summed E-state index contributed by atoms with van der Waals surface area (Å²) >= 11 is 0. The van der Waals surface area contributed by atoms with Crippen LogP contribution >= 0.6 is 0 Å². The second-order valence-corrected chi connectivity index (χ2v) is 14.2. The number of hydrogen-bond donors (Lipinski definition) is 4. The molecule has 0 radical (unpaired) electrons. The molecule has 2 saturated heterocycles. The van der Waals surface area contributed by atoms with Gasteiger partial charge in [0.25, 0.3) is 5.91 Å². The van der Waals surface area contributed by atoms with E-state index < -0.39 is 47.2 Å². The predicted molar refractivity (Wildman–Crippen MR) is 168 cm³/mol. The highest BCUT2D eigenvalue weighted by atomic mass is 16.2. The van der Waals surface area contributed by atoms with Crippen LogP contribution in [0.3, 0.4) is 0 Å². The van der Waals surface area contributed by atoms with Crippen LogP contribution in [0.4, 0.5) is 4.79 Å². The Morgan fingerprint density at radius 3 is 2.14 bits per heavy atom. The first-order valence-corrected chi connectivity index (χ1v) is 16.3. The summed E-state index contributed by atoms with van der Waals surface area (Å²) < 4.78 is 0. The summed E-state index contributed by atoms with van der Waals surface area (Å²) in [5.74, 6) is -2.22. The summed E-state index contributed by atoms with van der Waals surface area (Å²) in [6.45, 7) is 16.9. The maximum absolute atomic E-state index is 14.0. The van der Waals surface area contributed by atoms with E-state index >= 15 is 0 Å². The lowest BCUT2D eigenvalue weighted by atomic mass is 9.85. The third-order valence-electron chi connectivity index (χ3n) is 8.44. The molecule has 12 heteroatoms. The van der Waals surface area contributed by atoms with E-state index in [-0.39, 0.29) is 23.3 Å². The van der Waals surface area contributed by atoms with E-state index in [2.05, 4.69) is 21.3 Å². The molecule has 4 atom stereocenters. The topological polar surface area (TPSA) is 157 Å². The van der Waals surface area contributed by atoms with Crippen LogP contribution in [0.1, 0.15) is 107 Å². The Balaban J connectivity index is 2.18. The maximum Gasteiger partial charge on any atom is 0.315 e. The van der Waals surface area contributed by atoms with E-state index in [9.17, 15) is 28.8 Å². The van der Waals surface area contributed by atoms with Crippen molar-refractivity contribution < 1.29 is 28.8 Å². The molecule has 0 aromatic heterocycles. The highest BCUT2D eigenvalue weighted by Crippen LogP contribution is 2.27. The number of hydrogen-bond acceptors (Lipinski definition) is 6. The van der Waals surface area contributed by atoms with Crippen molar-refractivity contribution in [3.8, 4) is 0 Å². The first-order valence-electron chi connectivity index (χ1n) is 16.3. The molecule has 0 spiro atoms. The summed E-state index contributed by atoms with van der Waals surface area (Å²) in [7, 11) is 0. The van der Waals surface area contributed by atoms with Crippen LogP contribution in [0.2, 0.25) is 0 Å². The zero-order valence-electron chi connectivity index (χ0n) is 28.1. The van der Waals surface area contributed by atoms with Crippen molar-refractivity contribution in [2.45, 2.75) is 131 Å². The summed E-state index contributed by atoms with van der Waals surface area (Å²) in [5, 5.41) is 11.1. The van der Waals surface area contributed by atoms with Gasteiger partial charge in [-0.3, -0.25) is 24.0 Å². The molecule has 12 nitrogen and oxygen atoms in total. The molecule has 2 aliphatic rings. The number of Topliss-reactive ketones (excluding diaryl/α,β-unsaturated/α-hetero) is 1. The van der Waals surface area contributed by atoms with Gasteiger partial charge < -0.3 is 31.1 Å². The number of amides is 6. The van der Waals surface area contributed by atoms with Crippen molar-refractivity contribution in [3.63, 3.8) is 0 Å². The van der Waals surface area contributed by atoms with Gasteiger partial charge in [0, 0.05) is 32.6 Å². The van der Waals surface area contributed by atoms with Gasteiger partial charge in [-0.15, -0.1) is 0 Å². The van der Waals surface area contributed by atoms with Crippen LogP contribution in [0.15, 0.2) is 0 Å².